The lowest BCUT2D eigenvalue weighted by atomic mass is 9.96. The molecule has 72 valence electrons. The minimum atomic E-state index is 0.576. The van der Waals surface area contributed by atoms with Crippen LogP contribution in [0.1, 0.15) is 43.7 Å². The molecule has 1 aliphatic carbocycles. The summed E-state index contributed by atoms with van der Waals surface area (Å²) in [5, 5.41) is 4.34. The first-order chi connectivity index (χ1) is 6.40. The zero-order valence-electron chi connectivity index (χ0n) is 7.75. The first-order valence-corrected chi connectivity index (χ1v) is 5.52. The predicted octanol–water partition coefficient (Wildman–Crippen LogP) is 3.13. The maximum atomic E-state index is 5.73. The third-order valence-electron chi connectivity index (χ3n) is 2.76. The molecule has 1 heterocycles. The van der Waals surface area contributed by atoms with Crippen LogP contribution in [0.3, 0.4) is 0 Å². The molecule has 13 heavy (non-hydrogen) atoms. The Morgan fingerprint density at radius 1 is 1.38 bits per heavy atom. The Kier molecular flexibility index (Phi) is 2.89. The Morgan fingerprint density at radius 3 is 2.77 bits per heavy atom. The molecule has 0 aromatic carbocycles. The summed E-state index contributed by atoms with van der Waals surface area (Å²) < 4.78 is 2.09. The summed E-state index contributed by atoms with van der Waals surface area (Å²) in [6.45, 7) is 0. The van der Waals surface area contributed by atoms with E-state index in [1.165, 1.54) is 32.1 Å². The lowest BCUT2D eigenvalue weighted by molar-refractivity contribution is 0.329. The predicted molar refractivity (Wildman–Crippen MR) is 53.9 cm³/mol. The molecule has 0 aliphatic heterocycles. The van der Waals surface area contributed by atoms with Gasteiger partial charge in [0.15, 0.2) is 0 Å². The van der Waals surface area contributed by atoms with Crippen LogP contribution in [-0.4, -0.2) is 9.78 Å². The van der Waals surface area contributed by atoms with E-state index >= 15 is 0 Å². The topological polar surface area (TPSA) is 17.8 Å². The molecule has 1 saturated carbocycles. The number of hydrogen-bond donors (Lipinski definition) is 0. The summed E-state index contributed by atoms with van der Waals surface area (Å²) in [6, 6.07) is 0.630. The fraction of sp³-hybridized carbons (Fsp3) is 0.700. The van der Waals surface area contributed by atoms with E-state index in [1.54, 1.807) is 0 Å². The zero-order valence-corrected chi connectivity index (χ0v) is 8.50. The van der Waals surface area contributed by atoms with Crippen LogP contribution in [0, 0.1) is 0 Å². The van der Waals surface area contributed by atoms with Gasteiger partial charge in [0.05, 0.1) is 18.1 Å². The van der Waals surface area contributed by atoms with Crippen molar-refractivity contribution in [1.29, 1.82) is 0 Å². The molecule has 1 fully saturated rings. The van der Waals surface area contributed by atoms with Crippen LogP contribution in [0.2, 0.25) is 0 Å². The molecular weight excluding hydrogens is 184 g/mol. The molecule has 0 radical (unpaired) electrons. The minimum absolute atomic E-state index is 0.576. The zero-order chi connectivity index (χ0) is 9.10. The van der Waals surface area contributed by atoms with E-state index in [0.29, 0.717) is 11.9 Å². The summed E-state index contributed by atoms with van der Waals surface area (Å²) in [4.78, 5) is 0. The maximum absolute atomic E-state index is 5.73. The van der Waals surface area contributed by atoms with Crippen LogP contribution in [0.4, 0.5) is 0 Å². The average molecular weight is 199 g/mol. The molecule has 2 rings (SSSR count). The second kappa shape index (κ2) is 4.14. The Hall–Kier alpha value is -0.500. The fourth-order valence-electron chi connectivity index (χ4n) is 1.99. The van der Waals surface area contributed by atoms with Gasteiger partial charge in [0.2, 0.25) is 0 Å². The molecule has 1 aromatic rings. The average Bonchev–Trinajstić information content (AvgIpc) is 2.67. The highest BCUT2D eigenvalue weighted by molar-refractivity contribution is 6.17. The van der Waals surface area contributed by atoms with E-state index in [4.69, 9.17) is 11.6 Å². The van der Waals surface area contributed by atoms with Gasteiger partial charge in [-0.2, -0.15) is 5.10 Å². The van der Waals surface area contributed by atoms with Gasteiger partial charge in [-0.3, -0.25) is 4.68 Å². The van der Waals surface area contributed by atoms with Crippen molar-refractivity contribution >= 4 is 11.6 Å². The van der Waals surface area contributed by atoms with E-state index < -0.39 is 0 Å². The Labute approximate surface area is 83.9 Å². The molecule has 0 bridgehead atoms. The van der Waals surface area contributed by atoms with E-state index in [9.17, 15) is 0 Å². The highest BCUT2D eigenvalue weighted by atomic mass is 35.5. The van der Waals surface area contributed by atoms with Crippen molar-refractivity contribution in [2.24, 2.45) is 0 Å². The van der Waals surface area contributed by atoms with E-state index in [-0.39, 0.29) is 0 Å². The van der Waals surface area contributed by atoms with Crippen molar-refractivity contribution < 1.29 is 0 Å². The standard InChI is InChI=1S/C10H15ClN2/c11-6-9-7-12-13(8-9)10-4-2-1-3-5-10/h7-8,10H,1-6H2. The smallest absolute Gasteiger partial charge is 0.0534 e. The minimum Gasteiger partial charge on any atom is -0.269 e. The third-order valence-corrected chi connectivity index (χ3v) is 3.07. The number of halogens is 1. The second-order valence-electron chi connectivity index (χ2n) is 3.75. The monoisotopic (exact) mass is 198 g/mol. The van der Waals surface area contributed by atoms with Gasteiger partial charge < -0.3 is 0 Å². The molecule has 0 N–H and O–H groups in total. The van der Waals surface area contributed by atoms with Crippen LogP contribution in [0.25, 0.3) is 0 Å². The third kappa shape index (κ3) is 2.05. The molecule has 1 aliphatic rings. The van der Waals surface area contributed by atoms with Gasteiger partial charge in [-0.1, -0.05) is 19.3 Å². The Morgan fingerprint density at radius 2 is 2.15 bits per heavy atom. The maximum Gasteiger partial charge on any atom is 0.0534 e. The molecule has 0 unspecified atom stereocenters. The summed E-state index contributed by atoms with van der Waals surface area (Å²) in [7, 11) is 0. The quantitative estimate of drug-likeness (QED) is 0.668. The van der Waals surface area contributed by atoms with E-state index in [1.807, 2.05) is 6.20 Å². The molecule has 2 nitrogen and oxygen atoms in total. The number of nitrogens with zero attached hydrogens (tertiary/aromatic N) is 2. The highest BCUT2D eigenvalue weighted by Crippen LogP contribution is 2.27. The number of aromatic nitrogens is 2. The van der Waals surface area contributed by atoms with E-state index in [0.717, 1.165) is 5.56 Å². The van der Waals surface area contributed by atoms with Gasteiger partial charge in [0.1, 0.15) is 0 Å². The normalized spacial score (nSPS) is 19.2. The molecule has 0 amide bonds. The van der Waals surface area contributed by atoms with Crippen LogP contribution in [0.15, 0.2) is 12.4 Å². The highest BCUT2D eigenvalue weighted by Gasteiger charge is 2.15. The Balaban J connectivity index is 2.05. The lowest BCUT2D eigenvalue weighted by Crippen LogP contribution is -2.12. The molecule has 0 spiro atoms. The number of hydrogen-bond acceptors (Lipinski definition) is 1. The van der Waals surface area contributed by atoms with Gasteiger partial charge >= 0.3 is 0 Å². The first kappa shape index (κ1) is 9.07. The SMILES string of the molecule is ClCc1cnn(C2CCCCC2)c1. The Bertz CT molecular complexity index is 264. The second-order valence-corrected chi connectivity index (χ2v) is 4.02. The number of rotatable bonds is 2. The van der Waals surface area contributed by atoms with Crippen molar-refractivity contribution in [3.63, 3.8) is 0 Å². The van der Waals surface area contributed by atoms with Gasteiger partial charge in [-0.25, -0.2) is 0 Å². The van der Waals surface area contributed by atoms with Gasteiger partial charge in [-0.05, 0) is 12.8 Å². The molecule has 0 atom stereocenters. The summed E-state index contributed by atoms with van der Waals surface area (Å²) in [5.74, 6) is 0.576. The molecular formula is C10H15ClN2. The van der Waals surface area contributed by atoms with Crippen LogP contribution in [-0.2, 0) is 5.88 Å². The van der Waals surface area contributed by atoms with Crippen molar-refractivity contribution in [2.75, 3.05) is 0 Å². The van der Waals surface area contributed by atoms with Gasteiger partial charge in [0, 0.05) is 11.8 Å². The van der Waals surface area contributed by atoms with E-state index in [2.05, 4.69) is 16.0 Å². The fourth-order valence-corrected chi connectivity index (χ4v) is 2.13. The number of alkyl halides is 1. The van der Waals surface area contributed by atoms with Crippen molar-refractivity contribution in [2.45, 2.75) is 44.0 Å². The van der Waals surface area contributed by atoms with Crippen molar-refractivity contribution in [3.05, 3.63) is 18.0 Å². The van der Waals surface area contributed by atoms with Crippen LogP contribution < -0.4 is 0 Å². The van der Waals surface area contributed by atoms with Gasteiger partial charge in [-0.15, -0.1) is 11.6 Å². The summed E-state index contributed by atoms with van der Waals surface area (Å²) in [5.41, 5.74) is 1.13. The molecule has 1 aromatic heterocycles. The molecule has 0 saturated heterocycles. The molecule has 3 heteroatoms. The van der Waals surface area contributed by atoms with Crippen LogP contribution >= 0.6 is 11.6 Å². The summed E-state index contributed by atoms with van der Waals surface area (Å²) >= 11 is 5.73. The van der Waals surface area contributed by atoms with Gasteiger partial charge in [0.25, 0.3) is 0 Å². The lowest BCUT2D eigenvalue weighted by Gasteiger charge is -2.21. The summed E-state index contributed by atoms with van der Waals surface area (Å²) in [6.07, 6.45) is 10.6. The largest absolute Gasteiger partial charge is 0.269 e. The van der Waals surface area contributed by atoms with Crippen molar-refractivity contribution in [1.82, 2.24) is 9.78 Å². The van der Waals surface area contributed by atoms with Crippen molar-refractivity contribution in [3.8, 4) is 0 Å². The first-order valence-electron chi connectivity index (χ1n) is 4.99. The van der Waals surface area contributed by atoms with Crippen LogP contribution in [0.5, 0.6) is 0 Å².